The Hall–Kier alpha value is -4.33. The van der Waals surface area contributed by atoms with Gasteiger partial charge in [-0.25, -0.2) is 0 Å². The third-order valence-electron chi connectivity index (χ3n) is 6.10. The molecule has 2 N–H and O–H groups in total. The molecule has 8 nitrogen and oxygen atoms in total. The second kappa shape index (κ2) is 11.9. The minimum Gasteiger partial charge on any atom is -0.344 e. The standard InChI is InChI=1S/C28H28N4O4/c33-25-15-14-23(31-25)28(36)32(19-21-11-5-2-6-12-21)24(17-20-9-3-1-4-10-20)26(34)27(35)30-18-22-13-7-8-16-29-22/h1-13,16,23-24H,14-15,17-19H2,(H,30,35)(H,31,33)/t23-,24?/m0/s1. The first-order valence-electron chi connectivity index (χ1n) is 11.9. The Morgan fingerprint density at radius 1 is 0.944 bits per heavy atom. The molecule has 8 heteroatoms. The molecule has 4 rings (SSSR count). The minimum atomic E-state index is -1.05. The van der Waals surface area contributed by atoms with Crippen LogP contribution in [0, 0.1) is 0 Å². The molecule has 1 unspecified atom stereocenters. The molecule has 1 saturated heterocycles. The van der Waals surface area contributed by atoms with Gasteiger partial charge in [-0.3, -0.25) is 24.2 Å². The molecule has 0 spiro atoms. The van der Waals surface area contributed by atoms with Crippen LogP contribution < -0.4 is 10.6 Å². The summed E-state index contributed by atoms with van der Waals surface area (Å²) in [6, 6.07) is 22.1. The number of rotatable bonds is 10. The number of ketones is 1. The van der Waals surface area contributed by atoms with Crippen molar-refractivity contribution in [1.82, 2.24) is 20.5 Å². The van der Waals surface area contributed by atoms with Gasteiger partial charge in [0.2, 0.25) is 17.6 Å². The predicted molar refractivity (Wildman–Crippen MR) is 133 cm³/mol. The highest BCUT2D eigenvalue weighted by Crippen LogP contribution is 2.19. The molecule has 0 saturated carbocycles. The third kappa shape index (κ3) is 6.41. The van der Waals surface area contributed by atoms with Crippen molar-refractivity contribution in [2.45, 2.75) is 44.4 Å². The Labute approximate surface area is 209 Å². The van der Waals surface area contributed by atoms with E-state index in [1.54, 1.807) is 24.4 Å². The van der Waals surface area contributed by atoms with Crippen molar-refractivity contribution in [3.63, 3.8) is 0 Å². The lowest BCUT2D eigenvalue weighted by Crippen LogP contribution is -2.54. The van der Waals surface area contributed by atoms with Gasteiger partial charge in [-0.15, -0.1) is 0 Å². The van der Waals surface area contributed by atoms with Gasteiger partial charge in [0.1, 0.15) is 12.1 Å². The van der Waals surface area contributed by atoms with E-state index >= 15 is 0 Å². The fourth-order valence-electron chi connectivity index (χ4n) is 4.22. The van der Waals surface area contributed by atoms with Gasteiger partial charge in [0, 0.05) is 25.6 Å². The van der Waals surface area contributed by atoms with E-state index in [9.17, 15) is 19.2 Å². The molecule has 3 amide bonds. The molecule has 0 aliphatic carbocycles. The first-order chi connectivity index (χ1) is 17.5. The predicted octanol–water partition coefficient (Wildman–Crippen LogP) is 2.19. The summed E-state index contributed by atoms with van der Waals surface area (Å²) in [5, 5.41) is 5.34. The highest BCUT2D eigenvalue weighted by atomic mass is 16.2. The van der Waals surface area contributed by atoms with Crippen LogP contribution >= 0.6 is 0 Å². The molecule has 1 aliphatic heterocycles. The van der Waals surface area contributed by atoms with Gasteiger partial charge in [-0.1, -0.05) is 66.7 Å². The Kier molecular flexibility index (Phi) is 8.18. The van der Waals surface area contributed by atoms with Crippen LogP contribution in [0.4, 0.5) is 0 Å². The maximum Gasteiger partial charge on any atom is 0.289 e. The van der Waals surface area contributed by atoms with Gasteiger partial charge in [-0.05, 0) is 29.7 Å². The normalized spacial score (nSPS) is 15.6. The summed E-state index contributed by atoms with van der Waals surface area (Å²) < 4.78 is 0. The van der Waals surface area contributed by atoms with Crippen LogP contribution in [0.3, 0.4) is 0 Å². The van der Waals surface area contributed by atoms with Gasteiger partial charge in [0.05, 0.1) is 12.2 Å². The number of benzene rings is 2. The molecule has 36 heavy (non-hydrogen) atoms. The first kappa shape index (κ1) is 24.8. The number of Topliss-reactive ketones (excluding diaryl/α,β-unsaturated/α-hetero) is 1. The Balaban J connectivity index is 1.63. The van der Waals surface area contributed by atoms with Crippen molar-refractivity contribution in [3.05, 3.63) is 102 Å². The average Bonchev–Trinajstić information content (AvgIpc) is 3.36. The number of carbonyl (C=O) groups is 4. The zero-order chi connectivity index (χ0) is 25.3. The van der Waals surface area contributed by atoms with Crippen LogP contribution in [-0.4, -0.2) is 45.5 Å². The number of nitrogens with zero attached hydrogens (tertiary/aromatic N) is 2. The molecule has 2 aromatic carbocycles. The van der Waals surface area contributed by atoms with Crippen LogP contribution in [-0.2, 0) is 38.7 Å². The molecule has 3 aromatic rings. The van der Waals surface area contributed by atoms with E-state index in [-0.39, 0.29) is 37.7 Å². The second-order valence-electron chi connectivity index (χ2n) is 8.68. The number of hydrogen-bond donors (Lipinski definition) is 2. The molecule has 2 atom stereocenters. The number of amides is 3. The monoisotopic (exact) mass is 484 g/mol. The van der Waals surface area contributed by atoms with E-state index < -0.39 is 23.8 Å². The lowest BCUT2D eigenvalue weighted by molar-refractivity contribution is -0.147. The average molecular weight is 485 g/mol. The van der Waals surface area contributed by atoms with Gasteiger partial charge >= 0.3 is 0 Å². The number of hydrogen-bond acceptors (Lipinski definition) is 5. The van der Waals surface area contributed by atoms with Crippen LogP contribution in [0.2, 0.25) is 0 Å². The van der Waals surface area contributed by atoms with E-state index in [0.717, 1.165) is 11.1 Å². The highest BCUT2D eigenvalue weighted by molar-refractivity contribution is 6.38. The van der Waals surface area contributed by atoms with E-state index in [2.05, 4.69) is 15.6 Å². The van der Waals surface area contributed by atoms with Gasteiger partial charge in [-0.2, -0.15) is 0 Å². The van der Waals surface area contributed by atoms with Crippen molar-refractivity contribution in [1.29, 1.82) is 0 Å². The topological polar surface area (TPSA) is 108 Å². The minimum absolute atomic E-state index is 0.0920. The summed E-state index contributed by atoms with van der Waals surface area (Å²) in [6.07, 6.45) is 2.37. The largest absolute Gasteiger partial charge is 0.344 e. The van der Waals surface area contributed by atoms with Gasteiger partial charge < -0.3 is 15.5 Å². The van der Waals surface area contributed by atoms with Crippen LogP contribution in [0.5, 0.6) is 0 Å². The maximum atomic E-state index is 13.7. The first-order valence-corrected chi connectivity index (χ1v) is 11.9. The zero-order valence-corrected chi connectivity index (χ0v) is 19.8. The number of pyridine rings is 1. The maximum absolute atomic E-state index is 13.7. The molecule has 2 heterocycles. The highest BCUT2D eigenvalue weighted by Gasteiger charge is 2.38. The van der Waals surface area contributed by atoms with Crippen molar-refractivity contribution < 1.29 is 19.2 Å². The van der Waals surface area contributed by atoms with Crippen molar-refractivity contribution >= 4 is 23.5 Å². The van der Waals surface area contributed by atoms with Crippen LogP contribution in [0.1, 0.15) is 29.7 Å². The van der Waals surface area contributed by atoms with Gasteiger partial charge in [0.25, 0.3) is 5.91 Å². The molecular formula is C28H28N4O4. The number of nitrogens with one attached hydrogen (secondary N) is 2. The summed E-state index contributed by atoms with van der Waals surface area (Å²) in [7, 11) is 0. The second-order valence-corrected chi connectivity index (χ2v) is 8.68. The van der Waals surface area contributed by atoms with E-state index in [0.29, 0.717) is 12.1 Å². The SMILES string of the molecule is O=C1CC[C@@H](C(=O)N(Cc2ccccc2)C(Cc2ccccc2)C(=O)C(=O)NCc2ccccn2)N1. The zero-order valence-electron chi connectivity index (χ0n) is 19.8. The van der Waals surface area contributed by atoms with Crippen LogP contribution in [0.25, 0.3) is 0 Å². The smallest absolute Gasteiger partial charge is 0.289 e. The summed E-state index contributed by atoms with van der Waals surface area (Å²) in [5.74, 6) is -2.09. The summed E-state index contributed by atoms with van der Waals surface area (Å²) >= 11 is 0. The lowest BCUT2D eigenvalue weighted by Gasteiger charge is -2.32. The quantitative estimate of drug-likeness (QED) is 0.429. The van der Waals surface area contributed by atoms with E-state index in [4.69, 9.17) is 0 Å². The fraction of sp³-hybridized carbons (Fsp3) is 0.250. The molecule has 1 aliphatic rings. The molecular weight excluding hydrogens is 456 g/mol. The third-order valence-corrected chi connectivity index (χ3v) is 6.10. The Bertz CT molecular complexity index is 1200. The molecule has 0 radical (unpaired) electrons. The molecule has 1 aromatic heterocycles. The summed E-state index contributed by atoms with van der Waals surface area (Å²) in [6.45, 7) is 0.220. The summed E-state index contributed by atoms with van der Waals surface area (Å²) in [4.78, 5) is 57.7. The van der Waals surface area contributed by atoms with Crippen molar-refractivity contribution in [2.75, 3.05) is 0 Å². The molecule has 184 valence electrons. The number of aromatic nitrogens is 1. The Morgan fingerprint density at radius 3 is 2.22 bits per heavy atom. The molecule has 1 fully saturated rings. The van der Waals surface area contributed by atoms with Crippen molar-refractivity contribution in [2.24, 2.45) is 0 Å². The summed E-state index contributed by atoms with van der Waals surface area (Å²) in [5.41, 5.74) is 2.24. The van der Waals surface area contributed by atoms with Crippen molar-refractivity contribution in [3.8, 4) is 0 Å². The van der Waals surface area contributed by atoms with E-state index in [1.807, 2.05) is 60.7 Å². The number of carbonyl (C=O) groups excluding carboxylic acids is 4. The van der Waals surface area contributed by atoms with Crippen LogP contribution in [0.15, 0.2) is 85.1 Å². The lowest BCUT2D eigenvalue weighted by atomic mass is 9.98. The van der Waals surface area contributed by atoms with Gasteiger partial charge in [0.15, 0.2) is 0 Å². The fourth-order valence-corrected chi connectivity index (χ4v) is 4.22. The Morgan fingerprint density at radius 2 is 1.61 bits per heavy atom. The van der Waals surface area contributed by atoms with E-state index in [1.165, 1.54) is 4.90 Å². The molecule has 0 bridgehead atoms.